The van der Waals surface area contributed by atoms with Gasteiger partial charge in [-0.1, -0.05) is 24.3 Å². The molecule has 0 radical (unpaired) electrons. The second-order valence-corrected chi connectivity index (χ2v) is 6.53. The van der Waals surface area contributed by atoms with Crippen molar-refractivity contribution in [1.29, 1.82) is 0 Å². The van der Waals surface area contributed by atoms with Gasteiger partial charge in [0.05, 0.1) is 5.56 Å². The smallest absolute Gasteiger partial charge is 0.416 e. The summed E-state index contributed by atoms with van der Waals surface area (Å²) in [6.07, 6.45) is -3.04. The zero-order valence-corrected chi connectivity index (χ0v) is 14.8. The van der Waals surface area contributed by atoms with E-state index in [2.05, 4.69) is 0 Å². The van der Waals surface area contributed by atoms with Crippen molar-refractivity contribution in [3.05, 3.63) is 65.2 Å². The van der Waals surface area contributed by atoms with E-state index < -0.39 is 30.2 Å². The monoisotopic (exact) mass is 393 g/mol. The minimum absolute atomic E-state index is 0.0357. The van der Waals surface area contributed by atoms with Gasteiger partial charge in [-0.3, -0.25) is 4.79 Å². The number of aliphatic carboxylic acids is 1. The van der Waals surface area contributed by atoms with Gasteiger partial charge in [0.25, 0.3) is 5.91 Å². The number of carbonyl (C=O) groups is 2. The first-order chi connectivity index (χ1) is 13.3. The molecular formula is C20H18F3NO4. The van der Waals surface area contributed by atoms with Crippen LogP contribution in [0.15, 0.2) is 48.5 Å². The van der Waals surface area contributed by atoms with Crippen molar-refractivity contribution in [2.24, 2.45) is 0 Å². The maximum absolute atomic E-state index is 13.3. The molecule has 1 saturated carbocycles. The van der Waals surface area contributed by atoms with E-state index in [9.17, 15) is 22.8 Å². The highest BCUT2D eigenvalue weighted by Gasteiger charge is 2.37. The maximum atomic E-state index is 13.3. The molecule has 0 aromatic heterocycles. The second kappa shape index (κ2) is 7.92. The summed E-state index contributed by atoms with van der Waals surface area (Å²) in [4.78, 5) is 25.0. The van der Waals surface area contributed by atoms with Crippen molar-refractivity contribution in [2.75, 3.05) is 6.61 Å². The molecule has 5 nitrogen and oxygen atoms in total. The molecule has 3 rings (SSSR count). The summed E-state index contributed by atoms with van der Waals surface area (Å²) < 4.78 is 44.9. The lowest BCUT2D eigenvalue weighted by molar-refractivity contribution is -0.139. The SMILES string of the molecule is O=C(O)COc1cccc(C(=O)N(Cc2ccccc2C(F)(F)F)C2CC2)c1. The molecule has 0 atom stereocenters. The Morgan fingerprint density at radius 2 is 1.82 bits per heavy atom. The number of nitrogens with zero attached hydrogens (tertiary/aromatic N) is 1. The average Bonchev–Trinajstić information content (AvgIpc) is 3.49. The van der Waals surface area contributed by atoms with Gasteiger partial charge in [-0.05, 0) is 42.7 Å². The Hall–Kier alpha value is -3.03. The topological polar surface area (TPSA) is 66.8 Å². The molecule has 1 amide bonds. The fourth-order valence-corrected chi connectivity index (χ4v) is 2.90. The number of carboxylic acids is 1. The van der Waals surface area contributed by atoms with Crippen molar-refractivity contribution in [2.45, 2.75) is 31.6 Å². The first kappa shape index (κ1) is 19.7. The Kier molecular flexibility index (Phi) is 5.58. The van der Waals surface area contributed by atoms with Crippen LogP contribution in [0.2, 0.25) is 0 Å². The van der Waals surface area contributed by atoms with Crippen LogP contribution in [0.4, 0.5) is 13.2 Å². The Bertz CT molecular complexity index is 878. The summed E-state index contributed by atoms with van der Waals surface area (Å²) in [7, 11) is 0. The molecule has 0 heterocycles. The van der Waals surface area contributed by atoms with E-state index in [1.54, 1.807) is 6.07 Å². The van der Waals surface area contributed by atoms with Crippen LogP contribution in [-0.2, 0) is 17.5 Å². The van der Waals surface area contributed by atoms with Crippen LogP contribution >= 0.6 is 0 Å². The van der Waals surface area contributed by atoms with Gasteiger partial charge < -0.3 is 14.7 Å². The van der Waals surface area contributed by atoms with Gasteiger partial charge in [-0.15, -0.1) is 0 Å². The zero-order chi connectivity index (χ0) is 20.3. The molecule has 2 aromatic rings. The molecule has 0 spiro atoms. The summed E-state index contributed by atoms with van der Waals surface area (Å²) in [5.41, 5.74) is -0.486. The summed E-state index contributed by atoms with van der Waals surface area (Å²) in [5, 5.41) is 8.69. The van der Waals surface area contributed by atoms with E-state index >= 15 is 0 Å². The molecule has 1 aliphatic rings. The molecule has 8 heteroatoms. The summed E-state index contributed by atoms with van der Waals surface area (Å²) >= 11 is 0. The van der Waals surface area contributed by atoms with Crippen molar-refractivity contribution >= 4 is 11.9 Å². The lowest BCUT2D eigenvalue weighted by Crippen LogP contribution is -2.33. The van der Waals surface area contributed by atoms with Gasteiger partial charge in [0.2, 0.25) is 0 Å². The average molecular weight is 393 g/mol. The molecule has 0 saturated heterocycles. The molecule has 0 aliphatic heterocycles. The number of carboxylic acid groups (broad SMARTS) is 1. The second-order valence-electron chi connectivity index (χ2n) is 6.53. The lowest BCUT2D eigenvalue weighted by atomic mass is 10.1. The predicted molar refractivity (Wildman–Crippen MR) is 93.9 cm³/mol. The highest BCUT2D eigenvalue weighted by Crippen LogP contribution is 2.35. The molecule has 1 aliphatic carbocycles. The van der Waals surface area contributed by atoms with E-state index in [1.807, 2.05) is 0 Å². The Balaban J connectivity index is 1.83. The van der Waals surface area contributed by atoms with Crippen molar-refractivity contribution in [3.8, 4) is 5.75 Å². The van der Waals surface area contributed by atoms with Gasteiger partial charge in [0.1, 0.15) is 5.75 Å². The first-order valence-corrected chi connectivity index (χ1v) is 8.66. The molecule has 2 aromatic carbocycles. The van der Waals surface area contributed by atoms with Gasteiger partial charge in [-0.2, -0.15) is 13.2 Å². The number of rotatable bonds is 7. The third kappa shape index (κ3) is 4.82. The van der Waals surface area contributed by atoms with E-state index in [4.69, 9.17) is 9.84 Å². The lowest BCUT2D eigenvalue weighted by Gasteiger charge is -2.24. The van der Waals surface area contributed by atoms with E-state index in [0.717, 1.165) is 18.9 Å². The summed E-state index contributed by atoms with van der Waals surface area (Å²) in [6.45, 7) is -0.706. The van der Waals surface area contributed by atoms with Gasteiger partial charge >= 0.3 is 12.1 Å². The molecular weight excluding hydrogens is 375 g/mol. The van der Waals surface area contributed by atoms with Crippen molar-refractivity contribution in [1.82, 2.24) is 4.90 Å². The number of amides is 1. The number of alkyl halides is 3. The van der Waals surface area contributed by atoms with E-state index in [1.165, 1.54) is 41.3 Å². The number of carbonyl (C=O) groups excluding carboxylic acids is 1. The largest absolute Gasteiger partial charge is 0.482 e. The Morgan fingerprint density at radius 3 is 2.46 bits per heavy atom. The first-order valence-electron chi connectivity index (χ1n) is 8.66. The highest BCUT2D eigenvalue weighted by atomic mass is 19.4. The maximum Gasteiger partial charge on any atom is 0.416 e. The van der Waals surface area contributed by atoms with Crippen molar-refractivity contribution in [3.63, 3.8) is 0 Å². The van der Waals surface area contributed by atoms with Crippen LogP contribution in [-0.4, -0.2) is 34.5 Å². The molecule has 1 fully saturated rings. The van der Waals surface area contributed by atoms with Crippen LogP contribution in [0.1, 0.15) is 34.3 Å². The molecule has 1 N–H and O–H groups in total. The minimum Gasteiger partial charge on any atom is -0.482 e. The van der Waals surface area contributed by atoms with Crippen LogP contribution in [0.3, 0.4) is 0 Å². The summed E-state index contributed by atoms with van der Waals surface area (Å²) in [6, 6.07) is 11.1. The molecule has 0 bridgehead atoms. The van der Waals surface area contributed by atoms with E-state index in [-0.39, 0.29) is 29.5 Å². The fraction of sp³-hybridized carbons (Fsp3) is 0.300. The van der Waals surface area contributed by atoms with Gasteiger partial charge in [0.15, 0.2) is 6.61 Å². The van der Waals surface area contributed by atoms with Crippen LogP contribution in [0.5, 0.6) is 5.75 Å². The van der Waals surface area contributed by atoms with Gasteiger partial charge in [-0.25, -0.2) is 4.79 Å². The van der Waals surface area contributed by atoms with Crippen LogP contribution in [0.25, 0.3) is 0 Å². The normalized spacial score (nSPS) is 13.8. The minimum atomic E-state index is -4.50. The van der Waals surface area contributed by atoms with Crippen LogP contribution < -0.4 is 4.74 Å². The third-order valence-corrected chi connectivity index (χ3v) is 4.36. The highest BCUT2D eigenvalue weighted by molar-refractivity contribution is 5.95. The number of hydrogen-bond donors (Lipinski definition) is 1. The predicted octanol–water partition coefficient (Wildman–Crippen LogP) is 3.97. The molecule has 0 unspecified atom stereocenters. The van der Waals surface area contributed by atoms with Crippen molar-refractivity contribution < 1.29 is 32.6 Å². The quantitative estimate of drug-likeness (QED) is 0.773. The molecule has 28 heavy (non-hydrogen) atoms. The number of benzene rings is 2. The number of ether oxygens (including phenoxy) is 1. The Labute approximate surface area is 159 Å². The zero-order valence-electron chi connectivity index (χ0n) is 14.8. The third-order valence-electron chi connectivity index (χ3n) is 4.36. The van der Waals surface area contributed by atoms with Gasteiger partial charge in [0, 0.05) is 18.2 Å². The summed E-state index contributed by atoms with van der Waals surface area (Å²) in [5.74, 6) is -1.36. The van der Waals surface area contributed by atoms with E-state index in [0.29, 0.717) is 0 Å². The standard InChI is InChI=1S/C20H18F3NO4/c21-20(22,23)17-7-2-1-4-14(17)11-24(15-8-9-15)19(27)13-5-3-6-16(10-13)28-12-18(25)26/h1-7,10,15H,8-9,11-12H2,(H,25,26). The molecule has 148 valence electrons. The fourth-order valence-electron chi connectivity index (χ4n) is 2.90. The van der Waals surface area contributed by atoms with Crippen LogP contribution in [0, 0.1) is 0 Å². The number of hydrogen-bond acceptors (Lipinski definition) is 3. The Morgan fingerprint density at radius 1 is 1.11 bits per heavy atom. The number of halogens is 3.